The zero-order valence-electron chi connectivity index (χ0n) is 20.0. The minimum Gasteiger partial charge on any atom is -0.321 e. The van der Waals surface area contributed by atoms with Gasteiger partial charge in [-0.3, -0.25) is 14.6 Å². The minimum atomic E-state index is -3.89. The third kappa shape index (κ3) is 5.41. The van der Waals surface area contributed by atoms with Crippen LogP contribution in [0.5, 0.6) is 0 Å². The van der Waals surface area contributed by atoms with Gasteiger partial charge in [-0.25, -0.2) is 13.4 Å². The summed E-state index contributed by atoms with van der Waals surface area (Å²) in [7, 11) is -3.89. The molecule has 0 saturated heterocycles. The topological polar surface area (TPSA) is 117 Å². The maximum Gasteiger partial charge on any atom is 0.261 e. The molecule has 3 aromatic carbocycles. The minimum absolute atomic E-state index is 0.00131. The van der Waals surface area contributed by atoms with Gasteiger partial charge in [0.2, 0.25) is 0 Å². The Kier molecular flexibility index (Phi) is 6.70. The summed E-state index contributed by atoms with van der Waals surface area (Å²) in [6.45, 7) is 7.66. The zero-order chi connectivity index (χ0) is 25.2. The Morgan fingerprint density at radius 1 is 0.971 bits per heavy atom. The third-order valence-electron chi connectivity index (χ3n) is 5.50. The van der Waals surface area contributed by atoms with Crippen molar-refractivity contribution in [2.45, 2.75) is 38.5 Å². The van der Waals surface area contributed by atoms with E-state index in [0.717, 1.165) is 11.4 Å². The second-order valence-corrected chi connectivity index (χ2v) is 10.3. The average molecular weight is 490 g/mol. The highest BCUT2D eigenvalue weighted by atomic mass is 32.2. The zero-order valence-corrected chi connectivity index (χ0v) is 20.8. The lowest BCUT2D eigenvalue weighted by atomic mass is 10.1. The van der Waals surface area contributed by atoms with Crippen LogP contribution in [0.2, 0.25) is 0 Å². The van der Waals surface area contributed by atoms with E-state index in [1.807, 2.05) is 39.0 Å². The SMILES string of the molecule is Cc1cccc(NS(=O)(=O)c2ccc(C)c(C(=O)Nc3ccccc3-c3n[nH]c(C(C)C)n3)c2)c1. The van der Waals surface area contributed by atoms with Gasteiger partial charge < -0.3 is 5.32 Å². The quantitative estimate of drug-likeness (QED) is 0.327. The van der Waals surface area contributed by atoms with Crippen LogP contribution >= 0.6 is 0 Å². The summed E-state index contributed by atoms with van der Waals surface area (Å²) in [5.74, 6) is 0.969. The molecule has 0 fully saturated rings. The number of nitrogens with one attached hydrogen (secondary N) is 3. The Balaban J connectivity index is 1.62. The first-order valence-corrected chi connectivity index (χ1v) is 12.7. The third-order valence-corrected chi connectivity index (χ3v) is 6.88. The number of hydrogen-bond acceptors (Lipinski definition) is 5. The Morgan fingerprint density at radius 3 is 2.46 bits per heavy atom. The van der Waals surface area contributed by atoms with Crippen molar-refractivity contribution in [2.75, 3.05) is 10.0 Å². The molecule has 180 valence electrons. The first kappa shape index (κ1) is 24.2. The van der Waals surface area contributed by atoms with Gasteiger partial charge in [0.25, 0.3) is 15.9 Å². The number of hydrogen-bond donors (Lipinski definition) is 3. The van der Waals surface area contributed by atoms with E-state index in [0.29, 0.717) is 28.3 Å². The van der Waals surface area contributed by atoms with Crippen LogP contribution in [0.15, 0.2) is 71.6 Å². The van der Waals surface area contributed by atoms with Gasteiger partial charge in [0, 0.05) is 22.7 Å². The molecule has 4 aromatic rings. The summed E-state index contributed by atoms with van der Waals surface area (Å²) in [6.07, 6.45) is 0. The number of carbonyl (C=O) groups excluding carboxylic acids is 1. The molecular formula is C26H27N5O3S. The molecule has 0 radical (unpaired) electrons. The van der Waals surface area contributed by atoms with Crippen molar-refractivity contribution in [1.82, 2.24) is 15.2 Å². The fourth-order valence-electron chi connectivity index (χ4n) is 3.57. The van der Waals surface area contributed by atoms with Crippen molar-refractivity contribution in [3.63, 3.8) is 0 Å². The highest BCUT2D eigenvalue weighted by Gasteiger charge is 2.20. The monoisotopic (exact) mass is 489 g/mol. The van der Waals surface area contributed by atoms with Gasteiger partial charge >= 0.3 is 0 Å². The number of benzene rings is 3. The van der Waals surface area contributed by atoms with Gasteiger partial charge in [-0.2, -0.15) is 5.10 Å². The Morgan fingerprint density at radius 2 is 1.74 bits per heavy atom. The van der Waals surface area contributed by atoms with Crippen LogP contribution in [0.1, 0.15) is 47.1 Å². The molecule has 0 aliphatic rings. The van der Waals surface area contributed by atoms with Crippen LogP contribution in [0.3, 0.4) is 0 Å². The standard InChI is InChI=1S/C26H27N5O3S/c1-16(2)24-28-25(30-29-24)21-10-5-6-11-23(21)27-26(32)22-15-20(13-12-18(22)4)35(33,34)31-19-9-7-8-17(3)14-19/h5-16,31H,1-4H3,(H,27,32)(H,28,29,30). The summed E-state index contributed by atoms with van der Waals surface area (Å²) in [5, 5.41) is 10.1. The van der Waals surface area contributed by atoms with Crippen LogP contribution in [0.4, 0.5) is 11.4 Å². The van der Waals surface area contributed by atoms with Gasteiger partial charge in [-0.1, -0.05) is 44.2 Å². The number of nitrogens with zero attached hydrogens (tertiary/aromatic N) is 2. The molecule has 0 aliphatic heterocycles. The summed E-state index contributed by atoms with van der Waals surface area (Å²) in [5.41, 5.74) is 3.47. The van der Waals surface area contributed by atoms with E-state index < -0.39 is 15.9 Å². The molecule has 1 heterocycles. The molecule has 4 rings (SSSR count). The van der Waals surface area contributed by atoms with Crippen LogP contribution < -0.4 is 10.0 Å². The molecule has 8 nitrogen and oxygen atoms in total. The second-order valence-electron chi connectivity index (χ2n) is 8.65. The van der Waals surface area contributed by atoms with E-state index in [-0.39, 0.29) is 16.4 Å². The number of anilines is 2. The van der Waals surface area contributed by atoms with Crippen LogP contribution in [-0.4, -0.2) is 29.5 Å². The molecule has 3 N–H and O–H groups in total. The lowest BCUT2D eigenvalue weighted by Gasteiger charge is -2.13. The number of amides is 1. The molecule has 1 aromatic heterocycles. The first-order chi connectivity index (χ1) is 16.6. The predicted molar refractivity (Wildman–Crippen MR) is 137 cm³/mol. The fraction of sp³-hybridized carbons (Fsp3) is 0.192. The number of rotatable bonds is 7. The van der Waals surface area contributed by atoms with Gasteiger partial charge in [0.1, 0.15) is 5.82 Å². The Bertz CT molecular complexity index is 1490. The van der Waals surface area contributed by atoms with Gasteiger partial charge in [-0.05, 0) is 61.4 Å². The van der Waals surface area contributed by atoms with E-state index in [2.05, 4.69) is 25.2 Å². The lowest BCUT2D eigenvalue weighted by molar-refractivity contribution is 0.102. The molecule has 0 atom stereocenters. The molecule has 0 spiro atoms. The summed E-state index contributed by atoms with van der Waals surface area (Å²) >= 11 is 0. The summed E-state index contributed by atoms with van der Waals surface area (Å²) in [6, 6.07) is 18.8. The molecule has 35 heavy (non-hydrogen) atoms. The maximum atomic E-state index is 13.2. The molecule has 0 saturated carbocycles. The molecule has 0 bridgehead atoms. The van der Waals surface area contributed by atoms with E-state index in [4.69, 9.17) is 0 Å². The highest BCUT2D eigenvalue weighted by molar-refractivity contribution is 7.92. The van der Waals surface area contributed by atoms with Crippen LogP contribution in [0, 0.1) is 13.8 Å². The number of carbonyl (C=O) groups is 1. The Labute approximate surface area is 204 Å². The predicted octanol–water partition coefficient (Wildman–Crippen LogP) is 5.27. The van der Waals surface area contributed by atoms with E-state index >= 15 is 0 Å². The largest absolute Gasteiger partial charge is 0.321 e. The number of sulfonamides is 1. The number of H-pyrrole nitrogens is 1. The normalized spacial score (nSPS) is 11.5. The fourth-order valence-corrected chi connectivity index (χ4v) is 4.64. The number of aryl methyl sites for hydroxylation is 2. The Hall–Kier alpha value is -3.98. The van der Waals surface area contributed by atoms with Crippen molar-refractivity contribution < 1.29 is 13.2 Å². The van der Waals surface area contributed by atoms with E-state index in [9.17, 15) is 13.2 Å². The smallest absolute Gasteiger partial charge is 0.261 e. The maximum absolute atomic E-state index is 13.2. The molecular weight excluding hydrogens is 462 g/mol. The molecule has 1 amide bonds. The van der Waals surface area contributed by atoms with Gasteiger partial charge in [0.15, 0.2) is 5.82 Å². The van der Waals surface area contributed by atoms with Crippen LogP contribution in [-0.2, 0) is 10.0 Å². The number of aromatic amines is 1. The second kappa shape index (κ2) is 9.71. The average Bonchev–Trinajstić information content (AvgIpc) is 3.30. The van der Waals surface area contributed by atoms with Crippen molar-refractivity contribution in [2.24, 2.45) is 0 Å². The summed E-state index contributed by atoms with van der Waals surface area (Å²) in [4.78, 5) is 17.8. The van der Waals surface area contributed by atoms with Crippen LogP contribution in [0.25, 0.3) is 11.4 Å². The van der Waals surface area contributed by atoms with E-state index in [1.54, 1.807) is 43.3 Å². The van der Waals surface area contributed by atoms with Crippen molar-refractivity contribution in [3.8, 4) is 11.4 Å². The summed E-state index contributed by atoms with van der Waals surface area (Å²) < 4.78 is 28.6. The van der Waals surface area contributed by atoms with Crippen molar-refractivity contribution >= 4 is 27.3 Å². The van der Waals surface area contributed by atoms with Gasteiger partial charge in [-0.15, -0.1) is 0 Å². The lowest BCUT2D eigenvalue weighted by Crippen LogP contribution is -2.17. The molecule has 0 aliphatic carbocycles. The highest BCUT2D eigenvalue weighted by Crippen LogP contribution is 2.27. The van der Waals surface area contributed by atoms with E-state index in [1.165, 1.54) is 12.1 Å². The number of para-hydroxylation sites is 1. The van der Waals surface area contributed by atoms with Crippen molar-refractivity contribution in [3.05, 3.63) is 89.2 Å². The van der Waals surface area contributed by atoms with Crippen molar-refractivity contribution in [1.29, 1.82) is 0 Å². The number of aromatic nitrogens is 3. The van der Waals surface area contributed by atoms with Gasteiger partial charge in [0.05, 0.1) is 10.6 Å². The molecule has 0 unspecified atom stereocenters. The first-order valence-electron chi connectivity index (χ1n) is 11.2. The molecule has 9 heteroatoms.